The minimum absolute atomic E-state index is 0.181. The van der Waals surface area contributed by atoms with Crippen LogP contribution in [-0.2, 0) is 40.6 Å². The fraction of sp³-hybridized carbons (Fsp3) is 0.739. The van der Waals surface area contributed by atoms with Crippen LogP contribution in [0, 0.1) is 0 Å². The number of ether oxygens (including phenoxy) is 2. The van der Waals surface area contributed by atoms with Crippen LogP contribution < -0.4 is 0 Å². The van der Waals surface area contributed by atoms with Gasteiger partial charge in [-0.15, -0.1) is 5.10 Å². The van der Waals surface area contributed by atoms with Crippen LogP contribution in [0.2, 0.25) is 0 Å². The van der Waals surface area contributed by atoms with Gasteiger partial charge >= 0.3 is 17.4 Å². The Morgan fingerprint density at radius 1 is 0.971 bits per heavy atom. The topological polar surface area (TPSA) is 102 Å². The molecular formula is C23H43N3O6P2. The molecule has 0 saturated heterocycles. The van der Waals surface area contributed by atoms with Gasteiger partial charge < -0.3 is 9.47 Å². The SMILES string of the molecule is CC(C)=CCCC(C)=CCn1cc(CC(C)(OP=O)OP=O)nn1.CCOCC.CCOCC. The van der Waals surface area contributed by atoms with E-state index < -0.39 is 23.2 Å². The molecule has 1 rings (SSSR count). The molecule has 1 aromatic heterocycles. The van der Waals surface area contributed by atoms with Crippen molar-refractivity contribution >= 4 is 17.4 Å². The highest BCUT2D eigenvalue weighted by Gasteiger charge is 2.29. The molecule has 0 bridgehead atoms. The summed E-state index contributed by atoms with van der Waals surface area (Å²) in [5.74, 6) is -1.29. The van der Waals surface area contributed by atoms with E-state index in [2.05, 4.69) is 43.2 Å². The molecule has 0 N–H and O–H groups in total. The van der Waals surface area contributed by atoms with Crippen LogP contribution >= 0.6 is 17.4 Å². The zero-order chi connectivity index (χ0) is 26.2. The van der Waals surface area contributed by atoms with Gasteiger partial charge in [0, 0.05) is 39.0 Å². The molecule has 0 aromatic carbocycles. The standard InChI is InChI=1S/C15H23N3O4P2.2C4H10O/c1-12(2)6-5-7-13(3)8-9-18-11-14(16-17-18)10-15(4,21-23-19)22-24-20;2*1-3-5-4-2/h6,8,11H,5,7,9-10H2,1-4H3;2*3-4H2,1-2H3. The second kappa shape index (κ2) is 23.4. The van der Waals surface area contributed by atoms with Crippen LogP contribution in [-0.4, -0.2) is 47.2 Å². The van der Waals surface area contributed by atoms with Crippen molar-refractivity contribution in [3.63, 3.8) is 0 Å². The van der Waals surface area contributed by atoms with E-state index in [4.69, 9.17) is 18.5 Å². The van der Waals surface area contributed by atoms with Crippen LogP contribution in [0.5, 0.6) is 0 Å². The molecule has 0 radical (unpaired) electrons. The van der Waals surface area contributed by atoms with Crippen molar-refractivity contribution in [1.82, 2.24) is 15.0 Å². The average molecular weight is 520 g/mol. The quantitative estimate of drug-likeness (QED) is 0.142. The lowest BCUT2D eigenvalue weighted by atomic mass is 10.1. The van der Waals surface area contributed by atoms with Crippen LogP contribution in [0.25, 0.3) is 0 Å². The normalized spacial score (nSPS) is 12.9. The summed E-state index contributed by atoms with van der Waals surface area (Å²) < 4.78 is 42.5. The maximum Gasteiger partial charge on any atom is 0.330 e. The third-order valence-electron chi connectivity index (χ3n) is 4.08. The Hall–Kier alpha value is -1.34. The molecule has 11 heteroatoms. The highest BCUT2D eigenvalue weighted by molar-refractivity contribution is 7.18. The molecule has 196 valence electrons. The third kappa shape index (κ3) is 21.2. The molecule has 0 unspecified atom stereocenters. The molecule has 0 aliphatic rings. The van der Waals surface area contributed by atoms with Gasteiger partial charge in [0.25, 0.3) is 0 Å². The van der Waals surface area contributed by atoms with Crippen molar-refractivity contribution in [1.29, 1.82) is 0 Å². The van der Waals surface area contributed by atoms with E-state index in [-0.39, 0.29) is 6.42 Å². The number of hydrogen-bond donors (Lipinski definition) is 0. The molecular weight excluding hydrogens is 476 g/mol. The van der Waals surface area contributed by atoms with Gasteiger partial charge in [-0.25, -0.2) is 13.8 Å². The molecule has 1 aromatic rings. The van der Waals surface area contributed by atoms with Crippen LogP contribution in [0.3, 0.4) is 0 Å². The smallest absolute Gasteiger partial charge is 0.330 e. The lowest BCUT2D eigenvalue weighted by Gasteiger charge is -2.20. The number of aromatic nitrogens is 3. The Labute approximate surface area is 208 Å². The summed E-state index contributed by atoms with van der Waals surface area (Å²) in [5, 5.41) is 8.07. The van der Waals surface area contributed by atoms with Crippen LogP contribution in [0.15, 0.2) is 29.5 Å². The first-order valence-electron chi connectivity index (χ1n) is 11.6. The van der Waals surface area contributed by atoms with Gasteiger partial charge in [-0.05, 0) is 68.2 Å². The van der Waals surface area contributed by atoms with Crippen molar-refractivity contribution in [2.24, 2.45) is 0 Å². The molecule has 1 heterocycles. The van der Waals surface area contributed by atoms with E-state index >= 15 is 0 Å². The molecule has 0 aliphatic carbocycles. The maximum atomic E-state index is 10.6. The first-order chi connectivity index (χ1) is 16.2. The van der Waals surface area contributed by atoms with Gasteiger partial charge in [-0.2, -0.15) is 0 Å². The number of nitrogens with zero attached hydrogens (tertiary/aromatic N) is 3. The van der Waals surface area contributed by atoms with Crippen molar-refractivity contribution in [3.05, 3.63) is 35.2 Å². The Balaban J connectivity index is 0. The second-order valence-corrected chi connectivity index (χ2v) is 8.17. The van der Waals surface area contributed by atoms with Gasteiger partial charge in [0.2, 0.25) is 0 Å². The van der Waals surface area contributed by atoms with Gasteiger partial charge in [-0.1, -0.05) is 28.5 Å². The van der Waals surface area contributed by atoms with Gasteiger partial charge in [0.1, 0.15) is 0 Å². The van der Waals surface area contributed by atoms with Crippen LogP contribution in [0.4, 0.5) is 0 Å². The summed E-state index contributed by atoms with van der Waals surface area (Å²) in [5.41, 5.74) is 3.21. The van der Waals surface area contributed by atoms with Gasteiger partial charge in [0.15, 0.2) is 5.79 Å². The Morgan fingerprint density at radius 2 is 1.50 bits per heavy atom. The highest BCUT2D eigenvalue weighted by Crippen LogP contribution is 2.26. The predicted molar refractivity (Wildman–Crippen MR) is 136 cm³/mol. The number of rotatable bonds is 15. The van der Waals surface area contributed by atoms with Gasteiger partial charge in [0.05, 0.1) is 12.2 Å². The van der Waals surface area contributed by atoms with E-state index in [0.717, 1.165) is 39.3 Å². The lowest BCUT2D eigenvalue weighted by Crippen LogP contribution is -2.29. The average Bonchev–Trinajstić information content (AvgIpc) is 3.21. The van der Waals surface area contributed by atoms with Crippen molar-refractivity contribution in [2.75, 3.05) is 26.4 Å². The van der Waals surface area contributed by atoms with E-state index in [1.54, 1.807) is 10.9 Å². The summed E-state index contributed by atoms with van der Waals surface area (Å²) in [7, 11) is -1.10. The summed E-state index contributed by atoms with van der Waals surface area (Å²) in [6.07, 6.45) is 8.31. The molecule has 34 heavy (non-hydrogen) atoms. The Kier molecular flexibility index (Phi) is 24.0. The van der Waals surface area contributed by atoms with E-state index in [0.29, 0.717) is 12.2 Å². The van der Waals surface area contributed by atoms with E-state index in [1.165, 1.54) is 18.1 Å². The van der Waals surface area contributed by atoms with Crippen molar-refractivity contribution in [2.45, 2.75) is 87.0 Å². The molecule has 9 nitrogen and oxygen atoms in total. The minimum atomic E-state index is -1.29. The van der Waals surface area contributed by atoms with Gasteiger partial charge in [-0.3, -0.25) is 9.05 Å². The summed E-state index contributed by atoms with van der Waals surface area (Å²) in [4.78, 5) is 0. The summed E-state index contributed by atoms with van der Waals surface area (Å²) >= 11 is 0. The predicted octanol–water partition coefficient (Wildman–Crippen LogP) is 6.76. The number of allylic oxidation sites excluding steroid dienone is 4. The minimum Gasteiger partial charge on any atom is -0.382 e. The first kappa shape index (κ1) is 34.8. The maximum absolute atomic E-state index is 10.6. The zero-order valence-electron chi connectivity index (χ0n) is 22.1. The fourth-order valence-corrected chi connectivity index (χ4v) is 3.00. The summed E-state index contributed by atoms with van der Waals surface area (Å²) in [6, 6.07) is 0. The molecule has 0 aliphatic heterocycles. The van der Waals surface area contributed by atoms with E-state index in [1.807, 2.05) is 27.7 Å². The molecule has 0 saturated carbocycles. The second-order valence-electron chi connectivity index (χ2n) is 7.51. The fourth-order valence-electron chi connectivity index (χ4n) is 2.42. The molecule has 0 amide bonds. The zero-order valence-corrected chi connectivity index (χ0v) is 23.9. The Morgan fingerprint density at radius 3 is 1.91 bits per heavy atom. The van der Waals surface area contributed by atoms with E-state index in [9.17, 15) is 9.13 Å². The Bertz CT molecular complexity index is 687. The monoisotopic (exact) mass is 519 g/mol. The molecule has 0 spiro atoms. The highest BCUT2D eigenvalue weighted by atomic mass is 31.1. The largest absolute Gasteiger partial charge is 0.382 e. The number of hydrogen-bond acceptors (Lipinski definition) is 8. The first-order valence-corrected chi connectivity index (χ1v) is 13.0. The summed E-state index contributed by atoms with van der Waals surface area (Å²) in [6.45, 7) is 19.8. The molecule has 0 atom stereocenters. The third-order valence-corrected chi connectivity index (χ3v) is 5.01. The van der Waals surface area contributed by atoms with Crippen molar-refractivity contribution in [3.8, 4) is 0 Å². The molecule has 0 fully saturated rings. The lowest BCUT2D eigenvalue weighted by molar-refractivity contribution is -0.0805. The van der Waals surface area contributed by atoms with Crippen LogP contribution in [0.1, 0.15) is 73.9 Å². The van der Waals surface area contributed by atoms with Crippen molar-refractivity contribution < 1.29 is 27.7 Å².